The molecular weight excluding hydrogens is 1170 g/mol. The summed E-state index contributed by atoms with van der Waals surface area (Å²) in [4.78, 5) is 93.9. The topological polar surface area (TPSA) is 349 Å². The van der Waals surface area contributed by atoms with Gasteiger partial charge in [0.1, 0.15) is 18.8 Å². The molecule has 7 atom stereocenters. The number of amides is 2. The molecule has 0 radical (unpaired) electrons. The molecule has 2 amide bonds. The van der Waals surface area contributed by atoms with E-state index in [1.54, 1.807) is 98.6 Å². The van der Waals surface area contributed by atoms with Crippen molar-refractivity contribution in [2.75, 3.05) is 113 Å². The van der Waals surface area contributed by atoms with Crippen LogP contribution in [0.25, 0.3) is 22.3 Å². The molecule has 2 saturated heterocycles. The van der Waals surface area contributed by atoms with Crippen LogP contribution in [0.3, 0.4) is 0 Å². The standard InChI is InChI=1S/C53H70N18O14P2/c1-33(2)48(72)60-52-59-47-44(51(62-52)81-21-20-35-16-18-37(19-17-35)71(76)77)57-32-70(47)42-27-67(24-39(85-42)29-82-86(78,63(4)5)66(9)26-40(80-10)68-22-34(3)49(73)61-53(68)75)87(79,64(6)7)83-28-38-23-65(8)25-41(84-38)69-31-56-43-45(54-30-55-46(43)69)58-50(74)36-14-12-11-13-15-36/h11-19,22,30-33,38-42H,20-21,23-29H2,1-10H3,(H,61,73,75)(H,54,55,58,74)(H,59,60,62,72). The third-order valence-electron chi connectivity index (χ3n) is 14.4. The first-order valence-corrected chi connectivity index (χ1v) is 30.6. The first kappa shape index (κ1) is 63.9. The number of morpholine rings is 2. The highest BCUT2D eigenvalue weighted by atomic mass is 31.2. The summed E-state index contributed by atoms with van der Waals surface area (Å²) in [5.41, 5.74) is 1.12. The molecule has 0 bridgehead atoms. The van der Waals surface area contributed by atoms with Gasteiger partial charge >= 0.3 is 21.0 Å². The number of benzene rings is 2. The number of carbonyl (C=O) groups excluding carboxylic acids is 2. The Bertz CT molecular complexity index is 3830. The van der Waals surface area contributed by atoms with Gasteiger partial charge in [0.05, 0.1) is 62.7 Å². The van der Waals surface area contributed by atoms with Crippen LogP contribution in [0.4, 0.5) is 17.5 Å². The Balaban J connectivity index is 1.01. The highest BCUT2D eigenvalue weighted by Gasteiger charge is 2.45. The molecule has 7 aromatic rings. The monoisotopic (exact) mass is 1240 g/mol. The number of nitro groups is 1. The number of nitrogens with one attached hydrogen (secondary N) is 3. The predicted octanol–water partition coefficient (Wildman–Crippen LogP) is 4.38. The van der Waals surface area contributed by atoms with E-state index >= 15 is 9.13 Å². The number of aromatic nitrogens is 10. The number of carbonyl (C=O) groups is 2. The van der Waals surface area contributed by atoms with Gasteiger partial charge in [0.15, 0.2) is 34.4 Å². The van der Waals surface area contributed by atoms with Crippen LogP contribution in [0.2, 0.25) is 0 Å². The van der Waals surface area contributed by atoms with E-state index in [1.807, 2.05) is 18.0 Å². The van der Waals surface area contributed by atoms with Crippen molar-refractivity contribution in [1.82, 2.24) is 72.2 Å². The van der Waals surface area contributed by atoms with Gasteiger partial charge in [0.2, 0.25) is 17.7 Å². The number of H-pyrrole nitrogens is 1. The number of non-ortho nitro benzene ring substituents is 1. The highest BCUT2D eigenvalue weighted by molar-refractivity contribution is 7.54. The molecule has 2 aromatic carbocycles. The van der Waals surface area contributed by atoms with E-state index in [1.165, 1.54) is 70.6 Å². The second-order valence-corrected chi connectivity index (χ2v) is 26.8. The van der Waals surface area contributed by atoms with Crippen molar-refractivity contribution >= 4 is 66.9 Å². The third kappa shape index (κ3) is 14.4. The van der Waals surface area contributed by atoms with Crippen LogP contribution in [0.5, 0.6) is 5.88 Å². The minimum Gasteiger partial charge on any atom is -0.476 e. The molecule has 87 heavy (non-hydrogen) atoms. The summed E-state index contributed by atoms with van der Waals surface area (Å²) >= 11 is 0. The molecule has 2 aliphatic rings. The van der Waals surface area contributed by atoms with Gasteiger partial charge < -0.3 is 33.3 Å². The van der Waals surface area contributed by atoms with E-state index < -0.39 is 74.2 Å². The van der Waals surface area contributed by atoms with E-state index in [2.05, 4.69) is 40.5 Å². The lowest BCUT2D eigenvalue weighted by Crippen LogP contribution is -2.49. The number of fused-ring (bicyclic) bond motifs is 2. The fraction of sp³-hybridized carbons (Fsp3) is 0.472. The maximum absolute atomic E-state index is 15.9. The van der Waals surface area contributed by atoms with Gasteiger partial charge in [-0.15, -0.1) is 0 Å². The molecule has 2 fully saturated rings. The molecular formula is C53H70N18O14P2. The average molecular weight is 1250 g/mol. The second kappa shape index (κ2) is 27.2. The number of methoxy groups -OCH3 is 1. The lowest BCUT2D eigenvalue weighted by molar-refractivity contribution is -0.384. The summed E-state index contributed by atoms with van der Waals surface area (Å²) in [7, 11) is 2.97. The zero-order valence-electron chi connectivity index (χ0n) is 49.7. The average Bonchev–Trinajstić information content (AvgIpc) is 3.18. The Morgan fingerprint density at radius 3 is 2.17 bits per heavy atom. The lowest BCUT2D eigenvalue weighted by atomic mass is 10.1. The van der Waals surface area contributed by atoms with Crippen LogP contribution in [0.1, 0.15) is 54.0 Å². The summed E-state index contributed by atoms with van der Waals surface area (Å²) < 4.78 is 79.8. The minimum absolute atomic E-state index is 0.000305. The number of imidazole rings is 2. The number of likely N-dealkylation sites (N-methyl/N-ethyl adjacent to an activating group) is 2. The first-order valence-electron chi connectivity index (χ1n) is 27.6. The van der Waals surface area contributed by atoms with Crippen LogP contribution in [0, 0.1) is 23.0 Å². The summed E-state index contributed by atoms with van der Waals surface area (Å²) in [6.07, 6.45) is 1.49. The third-order valence-corrected chi connectivity index (χ3v) is 19.5. The molecule has 2 aliphatic heterocycles. The van der Waals surface area contributed by atoms with Crippen molar-refractivity contribution in [1.29, 1.82) is 0 Å². The van der Waals surface area contributed by atoms with Crippen LogP contribution >= 0.6 is 15.3 Å². The molecule has 466 valence electrons. The van der Waals surface area contributed by atoms with Crippen molar-refractivity contribution in [2.45, 2.75) is 58.1 Å². The van der Waals surface area contributed by atoms with Crippen molar-refractivity contribution in [2.24, 2.45) is 5.92 Å². The number of ether oxygens (including phenoxy) is 4. The molecule has 5 aromatic heterocycles. The summed E-state index contributed by atoms with van der Waals surface area (Å²) in [6.45, 7) is 4.81. The Kier molecular flexibility index (Phi) is 20.0. The van der Waals surface area contributed by atoms with Gasteiger partial charge in [-0.1, -0.05) is 44.2 Å². The van der Waals surface area contributed by atoms with Gasteiger partial charge in [0, 0.05) is 68.5 Å². The lowest BCUT2D eigenvalue weighted by Gasteiger charge is -2.44. The SMILES string of the molecule is COC(CN(C)P(=O)(OCC1CN(P(=O)(OCC2CN(C)CC(n3cnc4c(NC(=O)c5ccccc5)ncnc43)O2)N(C)C)CC(n2cnc3c(OCCc4ccc([N+](=O)[O-])cc4)nc(NC(=O)C(C)C)nc32)O1)N(C)C)n1cc(C)c(=O)[nH]c1=O. The summed E-state index contributed by atoms with van der Waals surface area (Å²) in [5, 5.41) is 16.9. The molecule has 9 rings (SSSR count). The number of anilines is 2. The highest BCUT2D eigenvalue weighted by Crippen LogP contribution is 2.56. The van der Waals surface area contributed by atoms with Gasteiger partial charge in [-0.25, -0.2) is 43.4 Å². The van der Waals surface area contributed by atoms with E-state index in [0.29, 0.717) is 36.2 Å². The van der Waals surface area contributed by atoms with Crippen molar-refractivity contribution in [3.05, 3.63) is 127 Å². The fourth-order valence-corrected chi connectivity index (χ4v) is 13.5. The number of aryl methyl sites for hydroxylation is 1. The van der Waals surface area contributed by atoms with Crippen molar-refractivity contribution in [3.63, 3.8) is 0 Å². The fourth-order valence-electron chi connectivity index (χ4n) is 9.71. The van der Waals surface area contributed by atoms with Gasteiger partial charge in [0.25, 0.3) is 17.2 Å². The number of rotatable bonds is 25. The van der Waals surface area contributed by atoms with Crippen LogP contribution in [-0.2, 0) is 43.6 Å². The largest absolute Gasteiger partial charge is 0.476 e. The Morgan fingerprint density at radius 1 is 0.839 bits per heavy atom. The molecule has 7 unspecified atom stereocenters. The first-order chi connectivity index (χ1) is 41.5. The minimum atomic E-state index is -4.13. The van der Waals surface area contributed by atoms with E-state index in [-0.39, 0.29) is 85.4 Å². The number of nitro benzene ring substituents is 1. The number of hydrogen-bond donors (Lipinski definition) is 3. The van der Waals surface area contributed by atoms with Crippen LogP contribution in [-0.4, -0.2) is 203 Å². The zero-order valence-corrected chi connectivity index (χ0v) is 51.4. The Labute approximate surface area is 499 Å². The summed E-state index contributed by atoms with van der Waals surface area (Å²) in [5.74, 6) is -1.14. The number of aromatic amines is 1. The Hall–Kier alpha value is -7.58. The predicted molar refractivity (Wildman–Crippen MR) is 317 cm³/mol. The molecule has 0 saturated carbocycles. The molecule has 34 heteroatoms. The Morgan fingerprint density at radius 2 is 1.51 bits per heavy atom. The molecule has 3 N–H and O–H groups in total. The maximum Gasteiger partial charge on any atom is 0.345 e. The molecule has 0 spiro atoms. The molecule has 32 nitrogen and oxygen atoms in total. The van der Waals surface area contributed by atoms with Crippen LogP contribution < -0.4 is 26.6 Å². The molecule has 0 aliphatic carbocycles. The number of nitrogens with zero attached hydrogens (tertiary/aromatic N) is 15. The van der Waals surface area contributed by atoms with E-state index in [4.69, 9.17) is 33.0 Å². The van der Waals surface area contributed by atoms with Crippen molar-refractivity contribution in [3.8, 4) is 5.88 Å². The normalized spacial score (nSPS) is 19.6. The second-order valence-electron chi connectivity index (χ2n) is 21.5. The van der Waals surface area contributed by atoms with Gasteiger partial charge in [-0.05, 0) is 66.9 Å². The molecule has 7 heterocycles. The van der Waals surface area contributed by atoms with Crippen LogP contribution in [0.15, 0.2) is 89.4 Å². The van der Waals surface area contributed by atoms with Gasteiger partial charge in [-0.2, -0.15) is 9.97 Å². The summed E-state index contributed by atoms with van der Waals surface area (Å²) in [6, 6.07) is 14.7. The quantitative estimate of drug-likeness (QED) is 0.0406. The van der Waals surface area contributed by atoms with Crippen molar-refractivity contribution < 1.29 is 51.6 Å². The van der Waals surface area contributed by atoms with E-state index in [0.717, 1.165) is 5.56 Å². The number of hydrogen-bond acceptors (Lipinski definition) is 21. The smallest absolute Gasteiger partial charge is 0.345 e. The van der Waals surface area contributed by atoms with E-state index in [9.17, 15) is 29.3 Å². The zero-order chi connectivity index (χ0) is 62.5. The van der Waals surface area contributed by atoms with Gasteiger partial charge in [-0.3, -0.25) is 62.5 Å². The maximum atomic E-state index is 15.9.